The highest BCUT2D eigenvalue weighted by Crippen LogP contribution is 2.37. The molecular formula is C8H13N2O3P. The minimum absolute atomic E-state index is 0.475. The minimum atomic E-state index is -2.13. The molecule has 0 saturated heterocycles. The molecule has 0 aromatic carbocycles. The summed E-state index contributed by atoms with van der Waals surface area (Å²) in [6, 6.07) is 3.73. The van der Waals surface area contributed by atoms with E-state index in [0.717, 1.165) is 0 Å². The average molecular weight is 216 g/mol. The summed E-state index contributed by atoms with van der Waals surface area (Å²) in [4.78, 5) is 9.23. The van der Waals surface area contributed by atoms with E-state index in [9.17, 15) is 4.89 Å². The van der Waals surface area contributed by atoms with Gasteiger partial charge in [-0.1, -0.05) is 13.8 Å². The van der Waals surface area contributed by atoms with Crippen LogP contribution in [0.25, 0.3) is 0 Å². The predicted molar refractivity (Wildman–Crippen MR) is 50.7 cm³/mol. The Morgan fingerprint density at radius 2 is 1.50 bits per heavy atom. The van der Waals surface area contributed by atoms with Crippen LogP contribution >= 0.6 is 8.60 Å². The van der Waals surface area contributed by atoms with Gasteiger partial charge in [0.15, 0.2) is 12.2 Å². The molecule has 78 valence electrons. The number of hydrogen-bond donors (Lipinski definition) is 1. The summed E-state index contributed by atoms with van der Waals surface area (Å²) in [5.74, 6) is 0. The Labute approximate surface area is 84.9 Å². The molecule has 0 spiro atoms. The highest BCUT2D eigenvalue weighted by atomic mass is 31.2. The molecule has 0 amide bonds. The van der Waals surface area contributed by atoms with Crippen molar-refractivity contribution in [1.82, 2.24) is 0 Å². The third-order valence-electron chi connectivity index (χ3n) is 1.46. The van der Waals surface area contributed by atoms with Crippen LogP contribution in [0.5, 0.6) is 0 Å². The number of rotatable bonds is 6. The SMILES string of the molecule is CCC(C#N)OP(O)OC(C#N)CC. The van der Waals surface area contributed by atoms with E-state index < -0.39 is 20.8 Å². The van der Waals surface area contributed by atoms with E-state index in [1.807, 2.05) is 12.1 Å². The fourth-order valence-corrected chi connectivity index (χ4v) is 1.50. The normalized spacial score (nSPS) is 16.4. The van der Waals surface area contributed by atoms with Gasteiger partial charge in [0.05, 0.1) is 12.1 Å². The zero-order valence-corrected chi connectivity index (χ0v) is 9.07. The molecule has 0 radical (unpaired) electrons. The Hall–Kier alpha value is -0.710. The van der Waals surface area contributed by atoms with Crippen LogP contribution in [0.4, 0.5) is 0 Å². The van der Waals surface area contributed by atoms with Gasteiger partial charge in [0.2, 0.25) is 0 Å². The molecule has 0 rings (SSSR count). The molecule has 14 heavy (non-hydrogen) atoms. The Morgan fingerprint density at radius 3 is 1.71 bits per heavy atom. The molecule has 0 heterocycles. The third kappa shape index (κ3) is 5.11. The molecule has 0 aromatic rings. The first-order valence-electron chi connectivity index (χ1n) is 4.29. The van der Waals surface area contributed by atoms with Crippen molar-refractivity contribution in [2.24, 2.45) is 0 Å². The number of nitriles is 2. The summed E-state index contributed by atoms with van der Waals surface area (Å²) < 4.78 is 9.74. The first-order chi connectivity index (χ1) is 6.67. The van der Waals surface area contributed by atoms with Crippen molar-refractivity contribution < 1.29 is 13.9 Å². The van der Waals surface area contributed by atoms with Gasteiger partial charge in [0.25, 0.3) is 0 Å². The van der Waals surface area contributed by atoms with E-state index in [1.165, 1.54) is 0 Å². The molecule has 5 nitrogen and oxygen atoms in total. The van der Waals surface area contributed by atoms with Gasteiger partial charge in [-0.25, -0.2) is 0 Å². The van der Waals surface area contributed by atoms with E-state index in [0.29, 0.717) is 12.8 Å². The zero-order valence-electron chi connectivity index (χ0n) is 8.17. The highest BCUT2D eigenvalue weighted by molar-refractivity contribution is 7.40. The van der Waals surface area contributed by atoms with E-state index in [4.69, 9.17) is 19.6 Å². The largest absolute Gasteiger partial charge is 0.332 e. The maximum Gasteiger partial charge on any atom is 0.332 e. The molecule has 2 atom stereocenters. The minimum Gasteiger partial charge on any atom is -0.328 e. The van der Waals surface area contributed by atoms with Crippen LogP contribution in [0.1, 0.15) is 26.7 Å². The smallest absolute Gasteiger partial charge is 0.328 e. The molecule has 0 aliphatic heterocycles. The van der Waals surface area contributed by atoms with Gasteiger partial charge in [-0.3, -0.25) is 9.05 Å². The van der Waals surface area contributed by atoms with Gasteiger partial charge in [0, 0.05) is 0 Å². The second kappa shape index (κ2) is 7.67. The topological polar surface area (TPSA) is 86.3 Å². The molecule has 0 bridgehead atoms. The molecule has 0 aromatic heterocycles. The van der Waals surface area contributed by atoms with Gasteiger partial charge < -0.3 is 4.89 Å². The quantitative estimate of drug-likeness (QED) is 0.684. The second-order valence-corrected chi connectivity index (χ2v) is 3.40. The summed E-state index contributed by atoms with van der Waals surface area (Å²) in [6.07, 6.45) is -0.407. The first kappa shape index (κ1) is 13.3. The number of hydrogen-bond acceptors (Lipinski definition) is 5. The third-order valence-corrected chi connectivity index (χ3v) is 2.33. The van der Waals surface area contributed by atoms with Crippen molar-refractivity contribution in [1.29, 1.82) is 10.5 Å². The first-order valence-corrected chi connectivity index (χ1v) is 5.42. The lowest BCUT2D eigenvalue weighted by Gasteiger charge is -2.15. The van der Waals surface area contributed by atoms with Gasteiger partial charge >= 0.3 is 8.60 Å². The van der Waals surface area contributed by atoms with E-state index >= 15 is 0 Å². The molecule has 0 aliphatic rings. The highest BCUT2D eigenvalue weighted by Gasteiger charge is 2.18. The molecular weight excluding hydrogens is 203 g/mol. The van der Waals surface area contributed by atoms with E-state index in [2.05, 4.69) is 0 Å². The Bertz CT molecular complexity index is 212. The fraction of sp³-hybridized carbons (Fsp3) is 0.750. The summed E-state index contributed by atoms with van der Waals surface area (Å²) in [5, 5.41) is 17.1. The fourth-order valence-electron chi connectivity index (χ4n) is 0.621. The van der Waals surface area contributed by atoms with Crippen molar-refractivity contribution in [2.45, 2.75) is 38.9 Å². The maximum absolute atomic E-state index is 9.23. The molecule has 0 fully saturated rings. The van der Waals surface area contributed by atoms with Crippen LogP contribution in [0, 0.1) is 22.7 Å². The molecule has 2 unspecified atom stereocenters. The van der Waals surface area contributed by atoms with Crippen molar-refractivity contribution in [3.63, 3.8) is 0 Å². The monoisotopic (exact) mass is 216 g/mol. The lowest BCUT2D eigenvalue weighted by atomic mass is 10.3. The summed E-state index contributed by atoms with van der Waals surface area (Å²) >= 11 is 0. The van der Waals surface area contributed by atoms with Gasteiger partial charge in [0.1, 0.15) is 0 Å². The summed E-state index contributed by atoms with van der Waals surface area (Å²) in [6.45, 7) is 3.53. The molecule has 0 aliphatic carbocycles. The molecule has 0 saturated carbocycles. The lowest BCUT2D eigenvalue weighted by Crippen LogP contribution is -2.10. The maximum atomic E-state index is 9.23. The van der Waals surface area contributed by atoms with E-state index in [1.54, 1.807) is 13.8 Å². The molecule has 6 heteroatoms. The number of nitrogens with zero attached hydrogens (tertiary/aromatic N) is 2. The van der Waals surface area contributed by atoms with Gasteiger partial charge in [-0.2, -0.15) is 10.5 Å². The predicted octanol–water partition coefficient (Wildman–Crippen LogP) is 1.84. The van der Waals surface area contributed by atoms with Crippen molar-refractivity contribution in [3.8, 4) is 12.1 Å². The van der Waals surface area contributed by atoms with Crippen LogP contribution in [-0.4, -0.2) is 17.1 Å². The van der Waals surface area contributed by atoms with Crippen LogP contribution < -0.4 is 0 Å². The summed E-state index contributed by atoms with van der Waals surface area (Å²) in [5.41, 5.74) is 0. The summed E-state index contributed by atoms with van der Waals surface area (Å²) in [7, 11) is -2.13. The van der Waals surface area contributed by atoms with Gasteiger partial charge in [-0.05, 0) is 12.8 Å². The average Bonchev–Trinajstić information content (AvgIpc) is 2.22. The Balaban J connectivity index is 3.92. The van der Waals surface area contributed by atoms with E-state index in [-0.39, 0.29) is 0 Å². The standard InChI is InChI=1S/C8H13N2O3P/c1-3-7(5-9)12-14(11)13-8(4-2)6-10/h7-8,11H,3-4H2,1-2H3. The Kier molecular flexibility index (Phi) is 7.28. The van der Waals surface area contributed by atoms with Crippen molar-refractivity contribution in [3.05, 3.63) is 0 Å². The zero-order chi connectivity index (χ0) is 11.0. The lowest BCUT2D eigenvalue weighted by molar-refractivity contribution is 0.148. The van der Waals surface area contributed by atoms with Crippen LogP contribution in [-0.2, 0) is 9.05 Å². The van der Waals surface area contributed by atoms with Crippen LogP contribution in [0.2, 0.25) is 0 Å². The van der Waals surface area contributed by atoms with Gasteiger partial charge in [-0.15, -0.1) is 0 Å². The molecule has 1 N–H and O–H groups in total. The van der Waals surface area contributed by atoms with Crippen LogP contribution in [0.3, 0.4) is 0 Å². The van der Waals surface area contributed by atoms with Crippen molar-refractivity contribution in [2.75, 3.05) is 0 Å². The Morgan fingerprint density at radius 1 is 1.14 bits per heavy atom. The van der Waals surface area contributed by atoms with Crippen LogP contribution in [0.15, 0.2) is 0 Å². The van der Waals surface area contributed by atoms with Crippen molar-refractivity contribution >= 4 is 8.60 Å². The second-order valence-electron chi connectivity index (χ2n) is 2.50.